The number of carbonyl (C=O) groups excluding carboxylic acids is 1. The zero-order valence-electron chi connectivity index (χ0n) is 9.61. The number of hydrogen-bond acceptors (Lipinski definition) is 4. The molecule has 1 aromatic carbocycles. The van der Waals surface area contributed by atoms with Crippen molar-refractivity contribution in [2.75, 3.05) is 0 Å². The largest absolute Gasteiger partial charge is 0.339 e. The van der Waals surface area contributed by atoms with Gasteiger partial charge in [-0.05, 0) is 24.6 Å². The predicted molar refractivity (Wildman–Crippen MR) is 62.9 cm³/mol. The molecule has 0 aliphatic rings. The Kier molecular flexibility index (Phi) is 3.72. The molecule has 0 atom stereocenters. The van der Waals surface area contributed by atoms with Gasteiger partial charge in [-0.15, -0.1) is 0 Å². The van der Waals surface area contributed by atoms with Crippen molar-refractivity contribution in [1.82, 2.24) is 10.1 Å². The Morgan fingerprint density at radius 1 is 1.50 bits per heavy atom. The van der Waals surface area contributed by atoms with Gasteiger partial charge in [-0.2, -0.15) is 4.98 Å². The minimum atomic E-state index is -0.394. The fourth-order valence-corrected chi connectivity index (χ4v) is 1.72. The molecule has 0 unspecified atom stereocenters. The number of nitrogens with zero attached hydrogens (tertiary/aromatic N) is 2. The lowest BCUT2D eigenvalue weighted by Gasteiger charge is -2.00. The van der Waals surface area contributed by atoms with E-state index in [4.69, 9.17) is 16.1 Å². The summed E-state index contributed by atoms with van der Waals surface area (Å²) in [4.78, 5) is 14.9. The lowest BCUT2D eigenvalue weighted by Crippen LogP contribution is -1.97. The second kappa shape index (κ2) is 5.27. The van der Waals surface area contributed by atoms with Crippen LogP contribution in [0.1, 0.15) is 24.2 Å². The molecule has 1 heterocycles. The monoisotopic (exact) mass is 268 g/mol. The highest BCUT2D eigenvalue weighted by atomic mass is 35.5. The number of ketones is 1. The lowest BCUT2D eigenvalue weighted by atomic mass is 10.1. The number of hydrogen-bond donors (Lipinski definition) is 0. The third-order valence-electron chi connectivity index (χ3n) is 2.27. The van der Waals surface area contributed by atoms with Gasteiger partial charge in [0.25, 0.3) is 0 Å². The molecule has 1 aromatic heterocycles. The van der Waals surface area contributed by atoms with Crippen LogP contribution in [-0.4, -0.2) is 15.9 Å². The topological polar surface area (TPSA) is 56.0 Å². The molecule has 0 amide bonds. The van der Waals surface area contributed by atoms with Gasteiger partial charge >= 0.3 is 0 Å². The van der Waals surface area contributed by atoms with Crippen molar-refractivity contribution < 1.29 is 13.7 Å². The predicted octanol–water partition coefficient (Wildman–Crippen LogP) is 2.58. The number of benzene rings is 1. The maximum Gasteiger partial charge on any atom is 0.234 e. The molecular formula is C12H10ClFN2O2. The van der Waals surface area contributed by atoms with Crippen LogP contribution in [0, 0.1) is 5.82 Å². The van der Waals surface area contributed by atoms with Crippen LogP contribution in [0.3, 0.4) is 0 Å². The average Bonchev–Trinajstić information content (AvgIpc) is 2.69. The van der Waals surface area contributed by atoms with Crippen molar-refractivity contribution in [2.45, 2.75) is 19.8 Å². The third kappa shape index (κ3) is 3.13. The van der Waals surface area contributed by atoms with E-state index in [1.54, 1.807) is 6.07 Å². The number of rotatable bonds is 4. The average molecular weight is 269 g/mol. The molecule has 94 valence electrons. The Balaban J connectivity index is 2.13. The number of aromatic nitrogens is 2. The maximum atomic E-state index is 12.9. The van der Waals surface area contributed by atoms with E-state index in [1.165, 1.54) is 19.1 Å². The van der Waals surface area contributed by atoms with Gasteiger partial charge in [-0.25, -0.2) is 4.39 Å². The van der Waals surface area contributed by atoms with E-state index >= 15 is 0 Å². The van der Waals surface area contributed by atoms with Crippen LogP contribution in [0.15, 0.2) is 22.7 Å². The first-order chi connectivity index (χ1) is 8.54. The molecule has 0 spiro atoms. The van der Waals surface area contributed by atoms with Crippen molar-refractivity contribution in [1.29, 1.82) is 0 Å². The highest BCUT2D eigenvalue weighted by molar-refractivity contribution is 6.31. The molecule has 2 rings (SSSR count). The van der Waals surface area contributed by atoms with Crippen molar-refractivity contribution in [3.63, 3.8) is 0 Å². The molecule has 0 bridgehead atoms. The third-order valence-corrected chi connectivity index (χ3v) is 2.63. The Hall–Kier alpha value is -1.75. The van der Waals surface area contributed by atoms with Crippen LogP contribution >= 0.6 is 11.6 Å². The quantitative estimate of drug-likeness (QED) is 0.855. The summed E-state index contributed by atoms with van der Waals surface area (Å²) < 4.78 is 17.8. The van der Waals surface area contributed by atoms with E-state index in [-0.39, 0.29) is 18.1 Å². The minimum Gasteiger partial charge on any atom is -0.339 e. The van der Waals surface area contributed by atoms with E-state index in [2.05, 4.69) is 10.1 Å². The van der Waals surface area contributed by atoms with Gasteiger partial charge in [0, 0.05) is 11.4 Å². The molecule has 0 saturated heterocycles. The molecule has 0 radical (unpaired) electrons. The minimum absolute atomic E-state index is 0.0509. The first-order valence-electron chi connectivity index (χ1n) is 5.29. The van der Waals surface area contributed by atoms with E-state index in [9.17, 15) is 9.18 Å². The molecule has 0 fully saturated rings. The number of carbonyl (C=O) groups is 1. The van der Waals surface area contributed by atoms with E-state index in [0.29, 0.717) is 22.8 Å². The molecule has 4 nitrogen and oxygen atoms in total. The van der Waals surface area contributed by atoms with Gasteiger partial charge in [0.1, 0.15) is 11.6 Å². The zero-order chi connectivity index (χ0) is 13.1. The number of halogens is 2. The van der Waals surface area contributed by atoms with Gasteiger partial charge in [0.2, 0.25) is 5.89 Å². The summed E-state index contributed by atoms with van der Waals surface area (Å²) in [5, 5.41) is 4.05. The van der Waals surface area contributed by atoms with Crippen LogP contribution in [0.4, 0.5) is 4.39 Å². The van der Waals surface area contributed by atoms with E-state index < -0.39 is 5.82 Å². The summed E-state index contributed by atoms with van der Waals surface area (Å²) >= 11 is 5.89. The second-order valence-corrected chi connectivity index (χ2v) is 4.30. The van der Waals surface area contributed by atoms with Gasteiger partial charge in [-0.1, -0.05) is 22.8 Å². The van der Waals surface area contributed by atoms with Gasteiger partial charge in [-0.3, -0.25) is 4.79 Å². The van der Waals surface area contributed by atoms with Crippen molar-refractivity contribution in [3.05, 3.63) is 46.3 Å². The highest BCUT2D eigenvalue weighted by Crippen LogP contribution is 2.19. The molecule has 18 heavy (non-hydrogen) atoms. The molecule has 6 heteroatoms. The van der Waals surface area contributed by atoms with E-state index in [1.807, 2.05) is 0 Å². The van der Waals surface area contributed by atoms with Crippen molar-refractivity contribution >= 4 is 17.4 Å². The van der Waals surface area contributed by atoms with Crippen LogP contribution in [-0.2, 0) is 17.6 Å². The van der Waals surface area contributed by atoms with Gasteiger partial charge in [0.15, 0.2) is 5.82 Å². The summed E-state index contributed by atoms with van der Waals surface area (Å²) in [5.41, 5.74) is 0.702. The molecule has 0 aliphatic carbocycles. The molecule has 0 aliphatic heterocycles. The first kappa shape index (κ1) is 12.7. The van der Waals surface area contributed by atoms with Crippen molar-refractivity contribution in [2.24, 2.45) is 0 Å². The Morgan fingerprint density at radius 2 is 2.28 bits per heavy atom. The molecule has 0 saturated carbocycles. The fourth-order valence-electron chi connectivity index (χ4n) is 1.48. The van der Waals surface area contributed by atoms with Crippen LogP contribution in [0.2, 0.25) is 5.02 Å². The Morgan fingerprint density at radius 3 is 2.94 bits per heavy atom. The summed E-state index contributed by atoms with van der Waals surface area (Å²) in [6.45, 7) is 1.45. The maximum absolute atomic E-state index is 12.9. The number of Topliss-reactive ketones (excluding diaryl/α,β-unsaturated/α-hetero) is 1. The first-order valence-corrected chi connectivity index (χ1v) is 5.67. The standard InChI is InChI=1S/C12H10ClFN2O2/c1-7(17)4-12-15-11(16-18-12)5-8-2-3-9(14)6-10(8)13/h2-3,6H,4-5H2,1H3. The summed E-state index contributed by atoms with van der Waals surface area (Å²) in [6.07, 6.45) is 0.449. The van der Waals surface area contributed by atoms with E-state index in [0.717, 1.165) is 0 Å². The van der Waals surface area contributed by atoms with Crippen LogP contribution < -0.4 is 0 Å². The smallest absolute Gasteiger partial charge is 0.234 e. The molecule has 0 N–H and O–H groups in total. The normalized spacial score (nSPS) is 10.6. The highest BCUT2D eigenvalue weighted by Gasteiger charge is 2.11. The van der Waals surface area contributed by atoms with Crippen LogP contribution in [0.5, 0.6) is 0 Å². The Labute approximate surface area is 108 Å². The zero-order valence-corrected chi connectivity index (χ0v) is 10.4. The van der Waals surface area contributed by atoms with Gasteiger partial charge < -0.3 is 4.52 Å². The fraction of sp³-hybridized carbons (Fsp3) is 0.250. The SMILES string of the molecule is CC(=O)Cc1nc(Cc2ccc(F)cc2Cl)no1. The summed E-state index contributed by atoms with van der Waals surface area (Å²) in [5.74, 6) is 0.245. The summed E-state index contributed by atoms with van der Waals surface area (Å²) in [6, 6.07) is 4.11. The molecular weight excluding hydrogens is 259 g/mol. The van der Waals surface area contributed by atoms with Crippen LogP contribution in [0.25, 0.3) is 0 Å². The van der Waals surface area contributed by atoms with Gasteiger partial charge in [0.05, 0.1) is 6.42 Å². The second-order valence-electron chi connectivity index (χ2n) is 3.90. The summed E-state index contributed by atoms with van der Waals surface area (Å²) in [7, 11) is 0. The molecule has 2 aromatic rings. The Bertz CT molecular complexity index is 583. The lowest BCUT2D eigenvalue weighted by molar-refractivity contribution is -0.116. The van der Waals surface area contributed by atoms with Crippen molar-refractivity contribution in [3.8, 4) is 0 Å².